The minimum absolute atomic E-state index is 0. The van der Waals surface area contributed by atoms with Gasteiger partial charge in [-0.05, 0) is 0 Å². The Morgan fingerprint density at radius 2 is 1.64 bits per heavy atom. The number of rotatable bonds is 0. The van der Waals surface area contributed by atoms with Crippen LogP contribution in [-0.4, -0.2) is 11.6 Å². The predicted molar refractivity (Wildman–Crippen MR) is 33.7 cm³/mol. The maximum Gasteiger partial charge on any atom is 0.180 e. The average Bonchev–Trinajstić information content (AvgIpc) is 1.91. The molecule has 11 heavy (non-hydrogen) atoms. The molecule has 0 aromatic carbocycles. The molecule has 0 amide bonds. The molecule has 1 rings (SSSR count). The Kier molecular flexibility index (Phi) is 10.4. The van der Waals surface area contributed by atoms with E-state index in [1.807, 2.05) is 0 Å². The van der Waals surface area contributed by atoms with Gasteiger partial charge in [0.1, 0.15) is 0 Å². The molecule has 5 heteroatoms. The first-order chi connectivity index (χ1) is 4.81. The molecule has 0 aliphatic carbocycles. The van der Waals surface area contributed by atoms with Crippen molar-refractivity contribution in [2.24, 2.45) is 0 Å². The van der Waals surface area contributed by atoms with E-state index in [-0.39, 0.29) is 19.5 Å². The van der Waals surface area contributed by atoms with E-state index >= 15 is 0 Å². The summed E-state index contributed by atoms with van der Waals surface area (Å²) in [5, 5.41) is 17.0. The van der Waals surface area contributed by atoms with E-state index in [4.69, 9.17) is 9.90 Å². The second-order valence-corrected chi connectivity index (χ2v) is 1.33. The van der Waals surface area contributed by atoms with Crippen molar-refractivity contribution in [3.63, 3.8) is 0 Å². The Balaban J connectivity index is 0. The van der Waals surface area contributed by atoms with Gasteiger partial charge in [0.05, 0.1) is 0 Å². The van der Waals surface area contributed by atoms with Crippen molar-refractivity contribution < 1.29 is 34.1 Å². The molecule has 1 aromatic heterocycles. The Hall–Kier alpha value is -0.957. The summed E-state index contributed by atoms with van der Waals surface area (Å²) in [7, 11) is 0. The van der Waals surface area contributed by atoms with Crippen LogP contribution in [0.25, 0.3) is 0 Å². The fourth-order valence-corrected chi connectivity index (χ4v) is 0.383. The minimum Gasteiger partial charge on any atom is -0.665 e. The summed E-state index contributed by atoms with van der Waals surface area (Å²) in [5.41, 5.74) is 0. The maximum absolute atomic E-state index is 10.2. The molecule has 0 aliphatic rings. The van der Waals surface area contributed by atoms with Crippen LogP contribution in [0.5, 0.6) is 0 Å². The van der Waals surface area contributed by atoms with Crippen molar-refractivity contribution in [3.05, 3.63) is 35.8 Å². The van der Waals surface area contributed by atoms with Crippen molar-refractivity contribution in [2.45, 2.75) is 0 Å². The van der Waals surface area contributed by atoms with Crippen LogP contribution >= 0.6 is 0 Å². The first-order valence-corrected chi connectivity index (χ1v) is 2.46. The number of nitrogens with zero attached hydrogens (tertiary/aromatic N) is 1. The molecular formula is C6H6NO3Zn-. The fourth-order valence-electron chi connectivity index (χ4n) is 0.383. The van der Waals surface area contributed by atoms with Gasteiger partial charge in [-0.1, -0.05) is 12.5 Å². The van der Waals surface area contributed by atoms with Crippen LogP contribution in [-0.2, 0) is 24.3 Å². The Morgan fingerprint density at radius 3 is 1.82 bits per heavy atom. The van der Waals surface area contributed by atoms with E-state index in [2.05, 4.69) is 0 Å². The first-order valence-electron chi connectivity index (χ1n) is 2.46. The summed E-state index contributed by atoms with van der Waals surface area (Å²) in [4.78, 5) is 8.24. The van der Waals surface area contributed by atoms with Gasteiger partial charge in [-0.2, -0.15) is 4.73 Å². The van der Waals surface area contributed by atoms with Crippen LogP contribution in [0.1, 0.15) is 0 Å². The van der Waals surface area contributed by atoms with Crippen LogP contribution in [0.4, 0.5) is 0 Å². The van der Waals surface area contributed by atoms with Crippen molar-refractivity contribution >= 4 is 6.47 Å². The van der Waals surface area contributed by atoms with Crippen molar-refractivity contribution in [1.82, 2.24) is 0 Å². The molecule has 0 spiro atoms. The quantitative estimate of drug-likeness (QED) is 0.279. The third-order valence-corrected chi connectivity index (χ3v) is 0.688. The molecule has 1 N–H and O–H groups in total. The minimum atomic E-state index is 0. The molecule has 0 aliphatic heterocycles. The van der Waals surface area contributed by atoms with Gasteiger partial charge in [-0.3, -0.25) is 0 Å². The third-order valence-electron chi connectivity index (χ3n) is 0.688. The average molecular weight is 206 g/mol. The van der Waals surface area contributed by atoms with Gasteiger partial charge in [0, 0.05) is 31.6 Å². The number of hydrogen-bond acceptors (Lipinski definition) is 2. The molecule has 0 unspecified atom stereocenters. The zero-order valence-corrected chi connectivity index (χ0v) is 8.77. The van der Waals surface area contributed by atoms with Crippen molar-refractivity contribution in [1.29, 1.82) is 0 Å². The van der Waals surface area contributed by atoms with Crippen LogP contribution in [0.2, 0.25) is 0 Å². The van der Waals surface area contributed by atoms with Crippen LogP contribution < -0.4 is 4.73 Å². The van der Waals surface area contributed by atoms with Gasteiger partial charge >= 0.3 is 0 Å². The number of aliphatic hydroxyl groups excluding tert-OH is 1. The smallest absolute Gasteiger partial charge is 0.180 e. The summed E-state index contributed by atoms with van der Waals surface area (Å²) in [6, 6.07) is 5.18. The molecule has 0 atom stereocenters. The molecule has 0 bridgehead atoms. The van der Waals surface area contributed by atoms with Gasteiger partial charge in [0.15, 0.2) is 12.4 Å². The second-order valence-electron chi connectivity index (χ2n) is 1.33. The van der Waals surface area contributed by atoms with Gasteiger partial charge in [0.2, 0.25) is 0 Å². The second kappa shape index (κ2) is 9.04. The Bertz CT molecular complexity index is 180. The Labute approximate surface area is 76.8 Å². The standard InChI is InChI=1S/C5H5NO.CHO2.Zn/c7-6-4-2-1-3-5-6;2-1-3;/h1-5H;(H,2,3);/q;-1;. The van der Waals surface area contributed by atoms with E-state index < -0.39 is 0 Å². The summed E-state index contributed by atoms with van der Waals surface area (Å²) >= 11 is 0. The van der Waals surface area contributed by atoms with Crippen LogP contribution in [0.15, 0.2) is 30.6 Å². The zero-order valence-electron chi connectivity index (χ0n) is 5.80. The van der Waals surface area contributed by atoms with E-state index in [1.165, 1.54) is 12.4 Å². The maximum atomic E-state index is 10.2. The topological polar surface area (TPSA) is 64.2 Å². The molecular weight excluding hydrogens is 199 g/mol. The van der Waals surface area contributed by atoms with Gasteiger partial charge < -0.3 is 15.1 Å². The molecule has 0 saturated carbocycles. The van der Waals surface area contributed by atoms with Gasteiger partial charge in [-0.15, -0.1) is 0 Å². The molecule has 0 saturated heterocycles. The van der Waals surface area contributed by atoms with Crippen molar-refractivity contribution in [2.75, 3.05) is 0 Å². The molecule has 4 nitrogen and oxygen atoms in total. The van der Waals surface area contributed by atoms with Crippen LogP contribution in [0.3, 0.4) is 0 Å². The largest absolute Gasteiger partial charge is 0.665 e. The molecule has 0 radical (unpaired) electrons. The number of hydrogen-bond donors (Lipinski definition) is 1. The summed E-state index contributed by atoms with van der Waals surface area (Å²) in [5.74, 6) is 0. The van der Waals surface area contributed by atoms with Crippen LogP contribution in [0, 0.1) is 5.21 Å². The van der Waals surface area contributed by atoms with E-state index in [1.54, 1.807) is 18.2 Å². The van der Waals surface area contributed by atoms with E-state index in [9.17, 15) is 5.21 Å². The zero-order chi connectivity index (χ0) is 7.82. The SMILES string of the molecule is O=[C-]O.[O-][n+]1ccccc1.[Zn]. The monoisotopic (exact) mass is 204 g/mol. The molecule has 0 fully saturated rings. The van der Waals surface area contributed by atoms with Gasteiger partial charge in [-0.25, -0.2) is 0 Å². The molecule has 1 heterocycles. The fraction of sp³-hybridized carbons (Fsp3) is 0. The summed E-state index contributed by atoms with van der Waals surface area (Å²) in [6.07, 6.45) is 2.89. The van der Waals surface area contributed by atoms with Gasteiger partial charge in [0.25, 0.3) is 0 Å². The Morgan fingerprint density at radius 1 is 1.27 bits per heavy atom. The van der Waals surface area contributed by atoms with E-state index in [0.717, 1.165) is 4.73 Å². The summed E-state index contributed by atoms with van der Waals surface area (Å²) in [6.45, 7) is 0.500. The van der Waals surface area contributed by atoms with Crippen molar-refractivity contribution in [3.8, 4) is 0 Å². The number of pyridine rings is 1. The van der Waals surface area contributed by atoms with E-state index in [0.29, 0.717) is 6.47 Å². The third kappa shape index (κ3) is 9.04. The summed E-state index contributed by atoms with van der Waals surface area (Å²) < 4.78 is 0.750. The molecule has 1 aromatic rings. The number of aromatic nitrogens is 1. The first kappa shape index (κ1) is 12.7. The molecule has 56 valence electrons. The normalized spacial score (nSPS) is 6.55. The predicted octanol–water partition coefficient (Wildman–Crippen LogP) is -0.0709.